The first kappa shape index (κ1) is 16.9. The van der Waals surface area contributed by atoms with Crippen molar-refractivity contribution in [1.82, 2.24) is 15.1 Å². The molecule has 0 spiro atoms. The van der Waals surface area contributed by atoms with Gasteiger partial charge in [-0.05, 0) is 47.4 Å². The van der Waals surface area contributed by atoms with Crippen LogP contribution in [0.4, 0.5) is 5.69 Å². The van der Waals surface area contributed by atoms with Crippen LogP contribution in [0.15, 0.2) is 42.5 Å². The molecular formula is C21H19N5O. The molecule has 27 heavy (non-hydrogen) atoms. The zero-order valence-electron chi connectivity index (χ0n) is 15.0. The molecule has 1 aliphatic heterocycles. The molecule has 0 bridgehead atoms. The molecule has 6 nitrogen and oxygen atoms in total. The fourth-order valence-electron chi connectivity index (χ4n) is 3.64. The van der Waals surface area contributed by atoms with Gasteiger partial charge in [-0.25, -0.2) is 0 Å². The van der Waals surface area contributed by atoms with Crippen LogP contribution in [-0.4, -0.2) is 27.5 Å². The third-order valence-electron chi connectivity index (χ3n) is 4.98. The molecule has 0 saturated heterocycles. The topological polar surface area (TPSA) is 98.8 Å². The van der Waals surface area contributed by atoms with Gasteiger partial charge in [-0.15, -0.1) is 0 Å². The molecule has 0 fully saturated rings. The summed E-state index contributed by atoms with van der Waals surface area (Å²) in [6, 6.07) is 11.7. The minimum atomic E-state index is -0.117. The van der Waals surface area contributed by atoms with E-state index in [1.807, 2.05) is 24.3 Å². The molecule has 3 N–H and O–H groups in total. The summed E-state index contributed by atoms with van der Waals surface area (Å²) in [6.45, 7) is 6.43. The number of aromatic nitrogens is 2. The van der Waals surface area contributed by atoms with Crippen LogP contribution in [0.3, 0.4) is 0 Å². The van der Waals surface area contributed by atoms with Crippen LogP contribution in [0.1, 0.15) is 28.5 Å². The van der Waals surface area contributed by atoms with Crippen molar-refractivity contribution < 1.29 is 4.79 Å². The fraction of sp³-hybridized carbons (Fsp3) is 0.190. The number of hydrogen-bond donors (Lipinski definition) is 2. The van der Waals surface area contributed by atoms with Crippen molar-refractivity contribution >= 4 is 22.5 Å². The number of fused-ring (bicyclic) bond motifs is 2. The van der Waals surface area contributed by atoms with Crippen LogP contribution in [0.5, 0.6) is 0 Å². The molecular weight excluding hydrogens is 338 g/mol. The van der Waals surface area contributed by atoms with Crippen molar-refractivity contribution in [2.24, 2.45) is 0 Å². The summed E-state index contributed by atoms with van der Waals surface area (Å²) in [6.07, 6.45) is 0.859. The first-order chi connectivity index (χ1) is 13.0. The van der Waals surface area contributed by atoms with Crippen LogP contribution in [0.25, 0.3) is 22.0 Å². The Morgan fingerprint density at radius 2 is 2.15 bits per heavy atom. The number of rotatable bonds is 4. The molecule has 0 unspecified atom stereocenters. The predicted octanol–water partition coefficient (Wildman–Crippen LogP) is 3.41. The number of amides is 1. The maximum absolute atomic E-state index is 12.8. The lowest BCUT2D eigenvalue weighted by molar-refractivity contribution is 0.0794. The maximum atomic E-state index is 12.8. The van der Waals surface area contributed by atoms with E-state index in [9.17, 15) is 4.79 Å². The number of hydrogen-bond acceptors (Lipinski definition) is 4. The molecule has 0 aliphatic carbocycles. The van der Waals surface area contributed by atoms with Gasteiger partial charge in [0.25, 0.3) is 5.91 Å². The van der Waals surface area contributed by atoms with E-state index < -0.39 is 0 Å². The van der Waals surface area contributed by atoms with Crippen LogP contribution in [0.2, 0.25) is 0 Å². The number of nitrogen functional groups attached to an aromatic ring is 1. The third-order valence-corrected chi connectivity index (χ3v) is 4.98. The van der Waals surface area contributed by atoms with Gasteiger partial charge in [-0.3, -0.25) is 9.89 Å². The van der Waals surface area contributed by atoms with Gasteiger partial charge in [-0.1, -0.05) is 19.6 Å². The Morgan fingerprint density at radius 1 is 1.37 bits per heavy atom. The van der Waals surface area contributed by atoms with E-state index in [-0.39, 0.29) is 12.5 Å². The first-order valence-electron chi connectivity index (χ1n) is 8.78. The quantitative estimate of drug-likeness (QED) is 0.552. The molecule has 1 aromatic heterocycles. The number of carbonyl (C=O) groups excluding carboxylic acids is 1. The number of carbonyl (C=O) groups is 1. The number of nitrogens with two attached hydrogens (primary N) is 1. The summed E-state index contributed by atoms with van der Waals surface area (Å²) in [4.78, 5) is 14.4. The number of aryl methyl sites for hydroxylation is 1. The molecule has 1 aliphatic rings. The second-order valence-electron chi connectivity index (χ2n) is 6.76. The van der Waals surface area contributed by atoms with Crippen LogP contribution >= 0.6 is 0 Å². The normalized spacial score (nSPS) is 13.0. The van der Waals surface area contributed by atoms with E-state index >= 15 is 0 Å². The number of nitriles is 1. The summed E-state index contributed by atoms with van der Waals surface area (Å²) in [5.41, 5.74) is 12.5. The van der Waals surface area contributed by atoms with Gasteiger partial charge in [0.1, 0.15) is 0 Å². The molecule has 0 atom stereocenters. The second-order valence-corrected chi connectivity index (χ2v) is 6.76. The van der Waals surface area contributed by atoms with Gasteiger partial charge in [0.2, 0.25) is 0 Å². The third kappa shape index (κ3) is 2.74. The van der Waals surface area contributed by atoms with Crippen LogP contribution in [-0.2, 0) is 13.0 Å². The highest BCUT2D eigenvalue weighted by Crippen LogP contribution is 2.36. The van der Waals surface area contributed by atoms with Crippen molar-refractivity contribution in [3.05, 3.63) is 59.3 Å². The molecule has 4 rings (SSSR count). The van der Waals surface area contributed by atoms with Gasteiger partial charge in [0, 0.05) is 34.4 Å². The Balaban J connectivity index is 1.83. The highest BCUT2D eigenvalue weighted by molar-refractivity contribution is 6.02. The van der Waals surface area contributed by atoms with E-state index in [2.05, 4.69) is 29.8 Å². The van der Waals surface area contributed by atoms with Crippen molar-refractivity contribution in [1.29, 1.82) is 5.26 Å². The smallest absolute Gasteiger partial charge is 0.254 e. The van der Waals surface area contributed by atoms with Gasteiger partial charge >= 0.3 is 0 Å². The van der Waals surface area contributed by atoms with Crippen molar-refractivity contribution in [2.75, 3.05) is 12.3 Å². The van der Waals surface area contributed by atoms with E-state index in [4.69, 9.17) is 11.0 Å². The summed E-state index contributed by atoms with van der Waals surface area (Å²) >= 11 is 0. The Bertz CT molecular complexity index is 1140. The molecule has 0 saturated carbocycles. The van der Waals surface area contributed by atoms with E-state index in [0.29, 0.717) is 23.4 Å². The van der Waals surface area contributed by atoms with Gasteiger partial charge < -0.3 is 10.6 Å². The zero-order chi connectivity index (χ0) is 19.1. The van der Waals surface area contributed by atoms with Crippen molar-refractivity contribution in [2.45, 2.75) is 19.9 Å². The highest BCUT2D eigenvalue weighted by Gasteiger charge is 2.30. The van der Waals surface area contributed by atoms with E-state index in [1.165, 1.54) is 0 Å². The largest absolute Gasteiger partial charge is 0.399 e. The minimum absolute atomic E-state index is 0.117. The Kier molecular flexibility index (Phi) is 3.93. The summed E-state index contributed by atoms with van der Waals surface area (Å²) < 4.78 is 0. The molecule has 3 aromatic rings. The highest BCUT2D eigenvalue weighted by atomic mass is 16.2. The molecule has 1 amide bonds. The molecule has 6 heteroatoms. The average molecular weight is 357 g/mol. The monoisotopic (exact) mass is 357 g/mol. The Labute approximate surface area is 156 Å². The number of nitrogens with one attached hydrogen (secondary N) is 1. The average Bonchev–Trinajstić information content (AvgIpc) is 3.22. The fourth-order valence-corrected chi connectivity index (χ4v) is 3.64. The van der Waals surface area contributed by atoms with Gasteiger partial charge in [-0.2, -0.15) is 10.4 Å². The zero-order valence-corrected chi connectivity index (χ0v) is 15.0. The lowest BCUT2D eigenvalue weighted by Gasteiger charge is -2.14. The number of H-pyrrole nitrogens is 1. The Hall–Kier alpha value is -3.59. The number of nitrogens with zero attached hydrogens (tertiary/aromatic N) is 3. The van der Waals surface area contributed by atoms with Gasteiger partial charge in [0.05, 0.1) is 18.1 Å². The van der Waals surface area contributed by atoms with E-state index in [0.717, 1.165) is 39.7 Å². The summed E-state index contributed by atoms with van der Waals surface area (Å²) in [7, 11) is 0. The minimum Gasteiger partial charge on any atom is -0.399 e. The lowest BCUT2D eigenvalue weighted by Crippen LogP contribution is -2.25. The van der Waals surface area contributed by atoms with Crippen molar-refractivity contribution in [3.8, 4) is 17.2 Å². The second kappa shape index (κ2) is 6.29. The van der Waals surface area contributed by atoms with Gasteiger partial charge in [0.15, 0.2) is 0 Å². The maximum Gasteiger partial charge on any atom is 0.254 e. The standard InChI is InChI=1S/C21H19N5O/c1-3-19-17-6-13(4-5-20(17)25-24-19)15-7-14(23)8-16-18(15)11-26(21(16)27)10-12(2)9-22/h4-8H,2-3,10-11,23H2,1H3,(H,24,25). The van der Waals surface area contributed by atoms with Crippen molar-refractivity contribution in [3.63, 3.8) is 0 Å². The number of aromatic amines is 1. The molecule has 2 aromatic carbocycles. The van der Waals surface area contributed by atoms with E-state index in [1.54, 1.807) is 11.0 Å². The number of anilines is 1. The SMILES string of the molecule is C=C(C#N)CN1Cc2c(cc(N)cc2-c2ccc3n[nH]c(CC)c3c2)C1=O. The first-order valence-corrected chi connectivity index (χ1v) is 8.78. The lowest BCUT2D eigenvalue weighted by atomic mass is 9.95. The summed E-state index contributed by atoms with van der Waals surface area (Å²) in [5, 5.41) is 17.5. The summed E-state index contributed by atoms with van der Waals surface area (Å²) in [5.74, 6) is -0.117. The molecule has 134 valence electrons. The predicted molar refractivity (Wildman–Crippen MR) is 105 cm³/mol. The Morgan fingerprint density at radius 3 is 2.89 bits per heavy atom. The number of benzene rings is 2. The van der Waals surface area contributed by atoms with Crippen LogP contribution in [0, 0.1) is 11.3 Å². The van der Waals surface area contributed by atoms with Crippen LogP contribution < -0.4 is 5.73 Å². The molecule has 0 radical (unpaired) electrons. The molecule has 2 heterocycles.